The van der Waals surface area contributed by atoms with Crippen LogP contribution < -0.4 is 0 Å². The average molecular weight is 228 g/mol. The lowest BCUT2D eigenvalue weighted by atomic mass is 9.91. The summed E-state index contributed by atoms with van der Waals surface area (Å²) in [4.78, 5) is 21.9. The summed E-state index contributed by atoms with van der Waals surface area (Å²) < 4.78 is 4.83. The predicted molar refractivity (Wildman–Crippen MR) is 61.0 cm³/mol. The van der Waals surface area contributed by atoms with Gasteiger partial charge in [0, 0.05) is 12.8 Å². The van der Waals surface area contributed by atoms with Gasteiger partial charge in [-0.05, 0) is 18.3 Å². The van der Waals surface area contributed by atoms with Crippen LogP contribution in [0.25, 0.3) is 0 Å². The smallest absolute Gasteiger partial charge is 0.306 e. The summed E-state index contributed by atoms with van der Waals surface area (Å²) in [7, 11) is 0. The normalized spacial score (nSPS) is 12.2. The second kappa shape index (κ2) is 7.91. The molecule has 0 heterocycles. The van der Waals surface area contributed by atoms with E-state index in [1.165, 1.54) is 6.08 Å². The standard InChI is InChI=1S/C12H20O4/c1-4-5-16-12(15)8-10(6-9(2)3)7-11(13)14/h4,9-10H,1,5-8H2,2-3H3,(H,13,14)/t10-/m0/s1. The van der Waals surface area contributed by atoms with Gasteiger partial charge >= 0.3 is 11.9 Å². The topological polar surface area (TPSA) is 63.6 Å². The number of carboxylic acid groups (broad SMARTS) is 1. The van der Waals surface area contributed by atoms with E-state index in [4.69, 9.17) is 9.84 Å². The van der Waals surface area contributed by atoms with Crippen LogP contribution in [0.4, 0.5) is 0 Å². The fraction of sp³-hybridized carbons (Fsp3) is 0.667. The molecule has 1 atom stereocenters. The lowest BCUT2D eigenvalue weighted by Gasteiger charge is -2.15. The molecule has 0 fully saturated rings. The van der Waals surface area contributed by atoms with Gasteiger partial charge in [-0.25, -0.2) is 0 Å². The first kappa shape index (κ1) is 14.7. The Balaban J connectivity index is 4.13. The van der Waals surface area contributed by atoms with Gasteiger partial charge in [-0.15, -0.1) is 0 Å². The maximum Gasteiger partial charge on any atom is 0.306 e. The summed E-state index contributed by atoms with van der Waals surface area (Å²) in [5, 5.41) is 8.72. The molecule has 0 spiro atoms. The molecule has 0 bridgehead atoms. The fourth-order valence-corrected chi connectivity index (χ4v) is 1.60. The Morgan fingerprint density at radius 1 is 1.38 bits per heavy atom. The number of ether oxygens (including phenoxy) is 1. The number of rotatable bonds is 8. The molecule has 0 aliphatic heterocycles. The van der Waals surface area contributed by atoms with Crippen LogP contribution in [0.15, 0.2) is 12.7 Å². The maximum atomic E-state index is 11.3. The molecule has 0 aliphatic carbocycles. The van der Waals surface area contributed by atoms with Gasteiger partial charge in [0.2, 0.25) is 0 Å². The number of hydrogen-bond donors (Lipinski definition) is 1. The molecule has 0 aromatic heterocycles. The zero-order valence-electron chi connectivity index (χ0n) is 9.94. The first-order valence-electron chi connectivity index (χ1n) is 5.44. The van der Waals surface area contributed by atoms with Crippen LogP contribution >= 0.6 is 0 Å². The molecule has 0 saturated carbocycles. The minimum Gasteiger partial charge on any atom is -0.481 e. The average Bonchev–Trinajstić information content (AvgIpc) is 2.12. The zero-order chi connectivity index (χ0) is 12.6. The van der Waals surface area contributed by atoms with Crippen LogP contribution in [0.2, 0.25) is 0 Å². The minimum atomic E-state index is -0.873. The van der Waals surface area contributed by atoms with Gasteiger partial charge in [0.05, 0.1) is 0 Å². The van der Waals surface area contributed by atoms with Crippen molar-refractivity contribution in [2.75, 3.05) is 6.61 Å². The number of carbonyl (C=O) groups excluding carboxylic acids is 1. The van der Waals surface area contributed by atoms with Crippen molar-refractivity contribution in [1.29, 1.82) is 0 Å². The van der Waals surface area contributed by atoms with Crippen molar-refractivity contribution in [2.45, 2.75) is 33.1 Å². The fourth-order valence-electron chi connectivity index (χ4n) is 1.60. The van der Waals surface area contributed by atoms with Crippen molar-refractivity contribution in [3.05, 3.63) is 12.7 Å². The van der Waals surface area contributed by atoms with Crippen LogP contribution in [0.1, 0.15) is 33.1 Å². The molecule has 4 nitrogen and oxygen atoms in total. The number of carboxylic acids is 1. The second-order valence-corrected chi connectivity index (χ2v) is 4.27. The van der Waals surface area contributed by atoms with E-state index in [1.807, 2.05) is 13.8 Å². The van der Waals surface area contributed by atoms with Crippen LogP contribution in [-0.2, 0) is 14.3 Å². The molecule has 0 aromatic rings. The van der Waals surface area contributed by atoms with Gasteiger partial charge in [0.15, 0.2) is 0 Å². The summed E-state index contributed by atoms with van der Waals surface area (Å²) in [6.45, 7) is 7.63. The Morgan fingerprint density at radius 2 is 2.00 bits per heavy atom. The first-order chi connectivity index (χ1) is 7.45. The van der Waals surface area contributed by atoms with Crippen molar-refractivity contribution >= 4 is 11.9 Å². The third-order valence-electron chi connectivity index (χ3n) is 2.09. The van der Waals surface area contributed by atoms with Crippen molar-refractivity contribution in [1.82, 2.24) is 0 Å². The predicted octanol–water partition coefficient (Wildman–Crippen LogP) is 2.24. The summed E-state index contributed by atoms with van der Waals surface area (Å²) in [5.74, 6) is -1.000. The third-order valence-corrected chi connectivity index (χ3v) is 2.09. The molecule has 0 radical (unpaired) electrons. The van der Waals surface area contributed by atoms with Crippen LogP contribution in [0.3, 0.4) is 0 Å². The highest BCUT2D eigenvalue weighted by atomic mass is 16.5. The van der Waals surface area contributed by atoms with Crippen molar-refractivity contribution in [3.63, 3.8) is 0 Å². The Kier molecular flexibility index (Phi) is 7.25. The number of hydrogen-bond acceptors (Lipinski definition) is 3. The summed E-state index contributed by atoms with van der Waals surface area (Å²) in [5.41, 5.74) is 0. The highest BCUT2D eigenvalue weighted by molar-refractivity contribution is 5.72. The summed E-state index contributed by atoms with van der Waals surface area (Å²) >= 11 is 0. The van der Waals surface area contributed by atoms with E-state index < -0.39 is 5.97 Å². The Morgan fingerprint density at radius 3 is 2.44 bits per heavy atom. The molecule has 4 heteroatoms. The molecular formula is C12H20O4. The molecule has 16 heavy (non-hydrogen) atoms. The number of aliphatic carboxylic acids is 1. The molecule has 1 N–H and O–H groups in total. The Hall–Kier alpha value is -1.32. The molecule has 0 saturated heterocycles. The summed E-state index contributed by atoms with van der Waals surface area (Å²) in [6.07, 6.45) is 2.39. The maximum absolute atomic E-state index is 11.3. The molecular weight excluding hydrogens is 208 g/mol. The molecule has 0 amide bonds. The highest BCUT2D eigenvalue weighted by Gasteiger charge is 2.19. The van der Waals surface area contributed by atoms with Crippen molar-refractivity contribution in [3.8, 4) is 0 Å². The van der Waals surface area contributed by atoms with Gasteiger partial charge in [0.1, 0.15) is 6.61 Å². The molecule has 0 unspecified atom stereocenters. The second-order valence-electron chi connectivity index (χ2n) is 4.27. The van der Waals surface area contributed by atoms with Crippen molar-refractivity contribution in [2.24, 2.45) is 11.8 Å². The quantitative estimate of drug-likeness (QED) is 0.511. The van der Waals surface area contributed by atoms with E-state index in [2.05, 4.69) is 6.58 Å². The monoisotopic (exact) mass is 228 g/mol. The van der Waals surface area contributed by atoms with E-state index in [0.717, 1.165) is 6.42 Å². The van der Waals surface area contributed by atoms with Crippen LogP contribution in [-0.4, -0.2) is 23.7 Å². The van der Waals surface area contributed by atoms with E-state index in [0.29, 0.717) is 5.92 Å². The number of carbonyl (C=O) groups is 2. The number of esters is 1. The van der Waals surface area contributed by atoms with Gasteiger partial charge in [-0.3, -0.25) is 9.59 Å². The Bertz CT molecular complexity index is 245. The van der Waals surface area contributed by atoms with E-state index >= 15 is 0 Å². The van der Waals surface area contributed by atoms with Gasteiger partial charge in [-0.1, -0.05) is 26.5 Å². The molecule has 92 valence electrons. The van der Waals surface area contributed by atoms with Gasteiger partial charge < -0.3 is 9.84 Å². The summed E-state index contributed by atoms with van der Waals surface area (Å²) in [6, 6.07) is 0. The zero-order valence-corrected chi connectivity index (χ0v) is 9.94. The van der Waals surface area contributed by atoms with E-state index in [1.54, 1.807) is 0 Å². The minimum absolute atomic E-state index is 0.0152. The van der Waals surface area contributed by atoms with E-state index in [-0.39, 0.29) is 31.3 Å². The largest absolute Gasteiger partial charge is 0.481 e. The molecule has 0 aliphatic rings. The lowest BCUT2D eigenvalue weighted by molar-refractivity contribution is -0.144. The van der Waals surface area contributed by atoms with Crippen LogP contribution in [0.5, 0.6) is 0 Å². The van der Waals surface area contributed by atoms with Crippen molar-refractivity contribution < 1.29 is 19.4 Å². The molecule has 0 rings (SSSR count). The highest BCUT2D eigenvalue weighted by Crippen LogP contribution is 2.19. The van der Waals surface area contributed by atoms with Gasteiger partial charge in [-0.2, -0.15) is 0 Å². The Labute approximate surface area is 96.3 Å². The van der Waals surface area contributed by atoms with E-state index in [9.17, 15) is 9.59 Å². The molecule has 0 aromatic carbocycles. The first-order valence-corrected chi connectivity index (χ1v) is 5.44. The van der Waals surface area contributed by atoms with Gasteiger partial charge in [0.25, 0.3) is 0 Å². The SMILES string of the molecule is C=CCOC(=O)C[C@H](CC(=O)O)CC(C)C. The van der Waals surface area contributed by atoms with Crippen LogP contribution in [0, 0.1) is 11.8 Å². The lowest BCUT2D eigenvalue weighted by Crippen LogP contribution is -2.16. The third kappa shape index (κ3) is 8.03.